The number of hydrogen-bond donors (Lipinski definition) is 1. The fourth-order valence-corrected chi connectivity index (χ4v) is 3.16. The van der Waals surface area contributed by atoms with Gasteiger partial charge in [0.2, 0.25) is 0 Å². The summed E-state index contributed by atoms with van der Waals surface area (Å²) in [6.07, 6.45) is 2.40. The zero-order valence-electron chi connectivity index (χ0n) is 10.4. The van der Waals surface area contributed by atoms with Crippen LogP contribution < -0.4 is 5.32 Å². The third-order valence-electron chi connectivity index (χ3n) is 3.73. The van der Waals surface area contributed by atoms with Crippen molar-refractivity contribution in [2.24, 2.45) is 0 Å². The second-order valence-corrected chi connectivity index (χ2v) is 5.72. The van der Waals surface area contributed by atoms with E-state index in [1.165, 1.54) is 35.1 Å². The molecule has 1 aliphatic rings. The van der Waals surface area contributed by atoms with Crippen LogP contribution in [0.4, 0.5) is 0 Å². The topological polar surface area (TPSA) is 12.0 Å². The average Bonchev–Trinajstić information content (AvgIpc) is 2.80. The highest BCUT2D eigenvalue weighted by Crippen LogP contribution is 2.34. The molecule has 2 heteroatoms. The van der Waals surface area contributed by atoms with Gasteiger partial charge in [0.15, 0.2) is 0 Å². The predicted molar refractivity (Wildman–Crippen MR) is 79.7 cm³/mol. The van der Waals surface area contributed by atoms with Crippen molar-refractivity contribution in [2.75, 3.05) is 7.05 Å². The van der Waals surface area contributed by atoms with Crippen LogP contribution in [0, 0.1) is 0 Å². The van der Waals surface area contributed by atoms with Crippen LogP contribution in [-0.4, -0.2) is 7.05 Å². The first-order valence-electron chi connectivity index (χ1n) is 6.34. The average molecular weight is 302 g/mol. The van der Waals surface area contributed by atoms with Gasteiger partial charge in [-0.25, -0.2) is 0 Å². The largest absolute Gasteiger partial charge is 0.313 e. The Morgan fingerprint density at radius 3 is 2.72 bits per heavy atom. The molecule has 0 heterocycles. The number of hydrogen-bond acceptors (Lipinski definition) is 1. The van der Waals surface area contributed by atoms with Crippen LogP contribution in [0.25, 0.3) is 11.1 Å². The summed E-state index contributed by atoms with van der Waals surface area (Å²) in [6, 6.07) is 15.9. The molecule has 0 bridgehead atoms. The van der Waals surface area contributed by atoms with E-state index in [1.54, 1.807) is 0 Å². The van der Waals surface area contributed by atoms with Gasteiger partial charge in [-0.3, -0.25) is 0 Å². The zero-order chi connectivity index (χ0) is 12.5. The summed E-state index contributed by atoms with van der Waals surface area (Å²) in [6.45, 7) is 0. The molecule has 0 saturated heterocycles. The summed E-state index contributed by atoms with van der Waals surface area (Å²) < 4.78 is 1.13. The lowest BCUT2D eigenvalue weighted by atomic mass is 10.00. The summed E-state index contributed by atoms with van der Waals surface area (Å²) in [5.41, 5.74) is 5.55. The Labute approximate surface area is 116 Å². The minimum atomic E-state index is 0.538. The summed E-state index contributed by atoms with van der Waals surface area (Å²) in [5, 5.41) is 3.38. The molecule has 0 aliphatic heterocycles. The Hall–Kier alpha value is -1.12. The van der Waals surface area contributed by atoms with Crippen LogP contribution in [0.15, 0.2) is 46.9 Å². The molecule has 0 spiro atoms. The number of rotatable bonds is 2. The van der Waals surface area contributed by atoms with Gasteiger partial charge in [0.1, 0.15) is 0 Å². The molecule has 1 atom stereocenters. The van der Waals surface area contributed by atoms with Gasteiger partial charge in [0, 0.05) is 10.5 Å². The zero-order valence-corrected chi connectivity index (χ0v) is 12.0. The first kappa shape index (κ1) is 11.9. The fraction of sp³-hybridized carbons (Fsp3) is 0.250. The minimum absolute atomic E-state index is 0.538. The van der Waals surface area contributed by atoms with Crippen molar-refractivity contribution < 1.29 is 0 Å². The maximum atomic E-state index is 3.53. The molecule has 1 unspecified atom stereocenters. The van der Waals surface area contributed by atoms with Crippen LogP contribution in [0.1, 0.15) is 23.6 Å². The smallest absolute Gasteiger partial charge is 0.0323 e. The molecule has 1 nitrogen and oxygen atoms in total. The molecule has 0 amide bonds. The summed E-state index contributed by atoms with van der Waals surface area (Å²) >= 11 is 3.53. The lowest BCUT2D eigenvalue weighted by molar-refractivity contribution is 0.590. The van der Waals surface area contributed by atoms with Crippen molar-refractivity contribution in [2.45, 2.75) is 18.9 Å². The molecule has 2 aromatic rings. The number of fused-ring (bicyclic) bond motifs is 1. The van der Waals surface area contributed by atoms with Crippen molar-refractivity contribution >= 4 is 15.9 Å². The van der Waals surface area contributed by atoms with E-state index in [0.717, 1.165) is 4.47 Å². The van der Waals surface area contributed by atoms with Crippen molar-refractivity contribution in [1.29, 1.82) is 0 Å². The normalized spacial score (nSPS) is 17.8. The summed E-state index contributed by atoms with van der Waals surface area (Å²) in [7, 11) is 2.04. The van der Waals surface area contributed by atoms with Crippen molar-refractivity contribution in [3.63, 3.8) is 0 Å². The van der Waals surface area contributed by atoms with Gasteiger partial charge in [-0.1, -0.05) is 46.3 Å². The van der Waals surface area contributed by atoms with E-state index in [1.807, 2.05) is 7.05 Å². The molecule has 0 fully saturated rings. The molecule has 1 aliphatic carbocycles. The number of halogens is 1. The van der Waals surface area contributed by atoms with Gasteiger partial charge in [0.05, 0.1) is 0 Å². The minimum Gasteiger partial charge on any atom is -0.313 e. The van der Waals surface area contributed by atoms with Crippen molar-refractivity contribution in [3.8, 4) is 11.1 Å². The second kappa shape index (κ2) is 4.87. The van der Waals surface area contributed by atoms with Crippen LogP contribution in [-0.2, 0) is 6.42 Å². The van der Waals surface area contributed by atoms with Crippen molar-refractivity contribution in [3.05, 3.63) is 58.1 Å². The summed E-state index contributed by atoms with van der Waals surface area (Å²) in [5.74, 6) is 0. The number of nitrogens with one attached hydrogen (secondary N) is 1. The molecule has 0 radical (unpaired) electrons. The SMILES string of the molecule is CNC1CCc2cc(-c3cccc(Br)c3)ccc21. The maximum Gasteiger partial charge on any atom is 0.0323 e. The van der Waals surface area contributed by atoms with Gasteiger partial charge in [-0.15, -0.1) is 0 Å². The third-order valence-corrected chi connectivity index (χ3v) is 4.22. The van der Waals surface area contributed by atoms with E-state index >= 15 is 0 Å². The van der Waals surface area contributed by atoms with E-state index in [2.05, 4.69) is 63.7 Å². The van der Waals surface area contributed by atoms with Gasteiger partial charge in [-0.2, -0.15) is 0 Å². The third kappa shape index (κ3) is 2.11. The molecule has 0 aromatic heterocycles. The number of aryl methyl sites for hydroxylation is 1. The first-order valence-corrected chi connectivity index (χ1v) is 7.13. The van der Waals surface area contributed by atoms with Crippen LogP contribution in [0.3, 0.4) is 0 Å². The Kier molecular flexibility index (Phi) is 3.23. The van der Waals surface area contributed by atoms with Gasteiger partial charge >= 0.3 is 0 Å². The van der Waals surface area contributed by atoms with Crippen LogP contribution >= 0.6 is 15.9 Å². The molecule has 3 rings (SSSR count). The predicted octanol–water partition coefficient (Wildman–Crippen LogP) is 4.32. The van der Waals surface area contributed by atoms with E-state index in [9.17, 15) is 0 Å². The van der Waals surface area contributed by atoms with E-state index in [4.69, 9.17) is 0 Å². The Morgan fingerprint density at radius 2 is 1.94 bits per heavy atom. The van der Waals surface area contributed by atoms with E-state index in [-0.39, 0.29) is 0 Å². The van der Waals surface area contributed by atoms with Gasteiger partial charge < -0.3 is 5.32 Å². The molecule has 2 aromatic carbocycles. The number of benzene rings is 2. The monoisotopic (exact) mass is 301 g/mol. The van der Waals surface area contributed by atoms with Gasteiger partial charge in [-0.05, 0) is 54.3 Å². The summed E-state index contributed by atoms with van der Waals surface area (Å²) in [4.78, 5) is 0. The second-order valence-electron chi connectivity index (χ2n) is 4.80. The maximum absolute atomic E-state index is 3.53. The molecule has 1 N–H and O–H groups in total. The highest BCUT2D eigenvalue weighted by Gasteiger charge is 2.20. The quantitative estimate of drug-likeness (QED) is 0.871. The Bertz CT molecular complexity index is 577. The van der Waals surface area contributed by atoms with E-state index in [0.29, 0.717) is 6.04 Å². The molecular weight excluding hydrogens is 286 g/mol. The van der Waals surface area contributed by atoms with E-state index < -0.39 is 0 Å². The lowest BCUT2D eigenvalue weighted by Crippen LogP contribution is -2.12. The van der Waals surface area contributed by atoms with Gasteiger partial charge in [0.25, 0.3) is 0 Å². The highest BCUT2D eigenvalue weighted by atomic mass is 79.9. The lowest BCUT2D eigenvalue weighted by Gasteiger charge is -2.11. The molecular formula is C16H16BrN. The van der Waals surface area contributed by atoms with Crippen LogP contribution in [0.2, 0.25) is 0 Å². The first-order chi connectivity index (χ1) is 8.78. The van der Waals surface area contributed by atoms with Crippen LogP contribution in [0.5, 0.6) is 0 Å². The molecule has 18 heavy (non-hydrogen) atoms. The Balaban J connectivity index is 2.01. The molecule has 92 valence electrons. The Morgan fingerprint density at radius 1 is 1.11 bits per heavy atom. The molecule has 0 saturated carbocycles. The standard InChI is InChI=1S/C16H16BrN/c1-18-16-8-6-13-9-12(5-7-15(13)16)11-3-2-4-14(17)10-11/h2-5,7,9-10,16,18H,6,8H2,1H3. The highest BCUT2D eigenvalue weighted by molar-refractivity contribution is 9.10. The fourth-order valence-electron chi connectivity index (χ4n) is 2.76. The van der Waals surface area contributed by atoms with Crippen molar-refractivity contribution in [1.82, 2.24) is 5.32 Å².